The molecule has 0 atom stereocenters. The fourth-order valence-corrected chi connectivity index (χ4v) is 2.24. The van der Waals surface area contributed by atoms with Gasteiger partial charge < -0.3 is 9.80 Å². The zero-order valence-electron chi connectivity index (χ0n) is 11.6. The van der Waals surface area contributed by atoms with E-state index < -0.39 is 0 Å². The monoisotopic (exact) mass is 276 g/mol. The second-order valence-corrected chi connectivity index (χ2v) is 4.97. The maximum atomic E-state index is 6.20. The molecule has 0 N–H and O–H groups in total. The number of hydrogen-bond donors (Lipinski definition) is 0. The summed E-state index contributed by atoms with van der Waals surface area (Å²) in [5.74, 6) is 0.669. The van der Waals surface area contributed by atoms with Gasteiger partial charge in [-0.1, -0.05) is 18.2 Å². The number of halogens is 1. The summed E-state index contributed by atoms with van der Waals surface area (Å²) in [5.41, 5.74) is 2.91. The van der Waals surface area contributed by atoms with Gasteiger partial charge in [-0.2, -0.15) is 0 Å². The number of aromatic nitrogens is 2. The Labute approximate surface area is 118 Å². The van der Waals surface area contributed by atoms with Crippen molar-refractivity contribution in [2.24, 2.45) is 0 Å². The van der Waals surface area contributed by atoms with E-state index in [4.69, 9.17) is 11.6 Å². The molecule has 0 bridgehead atoms. The number of fused-ring (bicyclic) bond motifs is 1. The third-order valence-corrected chi connectivity index (χ3v) is 3.28. The van der Waals surface area contributed by atoms with Crippen LogP contribution in [0.4, 0.5) is 11.4 Å². The number of nitrogens with zero attached hydrogens (tertiary/aromatic N) is 4. The van der Waals surface area contributed by atoms with Gasteiger partial charge in [-0.15, -0.1) is 0 Å². The second-order valence-electron chi connectivity index (χ2n) is 4.61. The first-order valence-corrected chi connectivity index (χ1v) is 6.32. The molecule has 4 nitrogen and oxygen atoms in total. The van der Waals surface area contributed by atoms with Crippen LogP contribution in [0.5, 0.6) is 0 Å². The maximum Gasteiger partial charge on any atom is 0.140 e. The van der Waals surface area contributed by atoms with Crippen LogP contribution in [0.3, 0.4) is 0 Å². The van der Waals surface area contributed by atoms with Crippen molar-refractivity contribution in [2.45, 2.75) is 6.92 Å². The first kappa shape index (κ1) is 13.6. The summed E-state index contributed by atoms with van der Waals surface area (Å²) in [6, 6.07) is 4.01. The fourth-order valence-electron chi connectivity index (χ4n) is 1.96. The van der Waals surface area contributed by atoms with E-state index in [1.165, 1.54) is 0 Å². The average Bonchev–Trinajstić information content (AvgIpc) is 2.36. The topological polar surface area (TPSA) is 32.3 Å². The summed E-state index contributed by atoms with van der Waals surface area (Å²) in [5, 5.41) is 1.34. The molecule has 2 aromatic rings. The molecule has 0 saturated carbocycles. The van der Waals surface area contributed by atoms with Crippen LogP contribution in [0.25, 0.3) is 10.9 Å². The molecule has 0 saturated heterocycles. The van der Waals surface area contributed by atoms with Crippen LogP contribution in [-0.4, -0.2) is 31.1 Å². The molecule has 19 heavy (non-hydrogen) atoms. The van der Waals surface area contributed by atoms with Crippen molar-refractivity contribution >= 4 is 33.9 Å². The normalized spacial score (nSPS) is 10.6. The summed E-state index contributed by atoms with van der Waals surface area (Å²) in [7, 11) is 5.94. The minimum Gasteiger partial charge on any atom is -0.376 e. The van der Waals surface area contributed by atoms with E-state index in [0.29, 0.717) is 11.0 Å². The van der Waals surface area contributed by atoms with Gasteiger partial charge in [0.25, 0.3) is 0 Å². The molecule has 0 spiro atoms. The quantitative estimate of drug-likeness (QED) is 0.806. The third kappa shape index (κ3) is 2.49. The van der Waals surface area contributed by atoms with Crippen LogP contribution in [0.15, 0.2) is 24.9 Å². The van der Waals surface area contributed by atoms with Crippen molar-refractivity contribution < 1.29 is 0 Å². The lowest BCUT2D eigenvalue weighted by molar-refractivity contribution is 1.08. The van der Waals surface area contributed by atoms with Gasteiger partial charge in [0.05, 0.1) is 16.9 Å². The van der Waals surface area contributed by atoms with Crippen LogP contribution >= 0.6 is 11.6 Å². The average molecular weight is 277 g/mol. The molecule has 0 unspecified atom stereocenters. The molecule has 1 aromatic carbocycles. The molecule has 0 amide bonds. The Morgan fingerprint density at radius 3 is 2.42 bits per heavy atom. The number of aryl methyl sites for hydroxylation is 1. The predicted octanol–water partition coefficient (Wildman–Crippen LogP) is 3.24. The van der Waals surface area contributed by atoms with Gasteiger partial charge in [0.1, 0.15) is 11.0 Å². The molecule has 0 aliphatic heterocycles. The van der Waals surface area contributed by atoms with Gasteiger partial charge in [0, 0.05) is 26.5 Å². The van der Waals surface area contributed by atoms with Crippen LogP contribution in [0, 0.1) is 6.92 Å². The Morgan fingerprint density at radius 2 is 1.84 bits per heavy atom. The smallest absolute Gasteiger partial charge is 0.140 e. The van der Waals surface area contributed by atoms with Crippen molar-refractivity contribution in [3.63, 3.8) is 0 Å². The number of anilines is 2. The first-order chi connectivity index (χ1) is 8.93. The highest BCUT2D eigenvalue weighted by molar-refractivity contribution is 6.34. The molecule has 1 aromatic heterocycles. The van der Waals surface area contributed by atoms with E-state index in [1.54, 1.807) is 6.20 Å². The molecular formula is C14H17ClN4. The Bertz CT molecular complexity index is 637. The van der Waals surface area contributed by atoms with Gasteiger partial charge >= 0.3 is 0 Å². The lowest BCUT2D eigenvalue weighted by Crippen LogP contribution is -2.16. The molecule has 0 aliphatic carbocycles. The highest BCUT2D eigenvalue weighted by Crippen LogP contribution is 2.34. The van der Waals surface area contributed by atoms with Crippen LogP contribution in [0.1, 0.15) is 5.82 Å². The maximum absolute atomic E-state index is 6.20. The van der Waals surface area contributed by atoms with Crippen molar-refractivity contribution in [3.05, 3.63) is 35.9 Å². The van der Waals surface area contributed by atoms with Gasteiger partial charge in [-0.25, -0.2) is 9.97 Å². The molecule has 0 aliphatic rings. The molecule has 5 heteroatoms. The molecule has 100 valence electrons. The van der Waals surface area contributed by atoms with E-state index >= 15 is 0 Å². The summed E-state index contributed by atoms with van der Waals surface area (Å²) >= 11 is 6.20. The lowest BCUT2D eigenvalue weighted by Gasteiger charge is -2.23. The second kappa shape index (κ2) is 5.05. The molecule has 2 rings (SSSR count). The molecule has 0 radical (unpaired) electrons. The standard InChI is InChI=1S/C14H17ClN4/c1-6-19(5)13-8-11-10(7-12(13)18(3)4)14(15)17-9(2)16-11/h6-8H,1H2,2-5H3. The Morgan fingerprint density at radius 1 is 1.16 bits per heavy atom. The van der Waals surface area contributed by atoms with Crippen molar-refractivity contribution in [2.75, 3.05) is 30.9 Å². The van der Waals surface area contributed by atoms with Crippen molar-refractivity contribution in [1.29, 1.82) is 0 Å². The van der Waals surface area contributed by atoms with Crippen LogP contribution < -0.4 is 9.80 Å². The summed E-state index contributed by atoms with van der Waals surface area (Å²) in [4.78, 5) is 12.6. The first-order valence-electron chi connectivity index (χ1n) is 5.94. The Kier molecular flexibility index (Phi) is 3.62. The van der Waals surface area contributed by atoms with Crippen molar-refractivity contribution in [1.82, 2.24) is 9.97 Å². The Balaban J connectivity index is 2.80. The van der Waals surface area contributed by atoms with Crippen LogP contribution in [-0.2, 0) is 0 Å². The van der Waals surface area contributed by atoms with E-state index in [1.807, 2.05) is 50.0 Å². The summed E-state index contributed by atoms with van der Waals surface area (Å²) in [6.07, 6.45) is 1.77. The zero-order chi connectivity index (χ0) is 14.2. The van der Waals surface area contributed by atoms with Gasteiger partial charge in [-0.3, -0.25) is 0 Å². The highest BCUT2D eigenvalue weighted by atomic mass is 35.5. The molecule has 0 fully saturated rings. The highest BCUT2D eigenvalue weighted by Gasteiger charge is 2.13. The zero-order valence-corrected chi connectivity index (χ0v) is 12.4. The number of hydrogen-bond acceptors (Lipinski definition) is 4. The van der Waals surface area contributed by atoms with Gasteiger partial charge in [-0.05, 0) is 25.3 Å². The summed E-state index contributed by atoms with van der Waals surface area (Å²) < 4.78 is 0. The number of benzene rings is 1. The minimum absolute atomic E-state index is 0.485. The van der Waals surface area contributed by atoms with E-state index in [9.17, 15) is 0 Å². The van der Waals surface area contributed by atoms with Crippen LogP contribution in [0.2, 0.25) is 5.15 Å². The number of rotatable bonds is 3. The fraction of sp³-hybridized carbons (Fsp3) is 0.286. The van der Waals surface area contributed by atoms with E-state index in [2.05, 4.69) is 16.5 Å². The summed E-state index contributed by atoms with van der Waals surface area (Å²) in [6.45, 7) is 5.64. The third-order valence-electron chi connectivity index (χ3n) is 2.99. The largest absolute Gasteiger partial charge is 0.376 e. The predicted molar refractivity (Wildman–Crippen MR) is 82.2 cm³/mol. The van der Waals surface area contributed by atoms with E-state index in [-0.39, 0.29) is 0 Å². The SMILES string of the molecule is C=CN(C)c1cc2nc(C)nc(Cl)c2cc1N(C)C. The lowest BCUT2D eigenvalue weighted by atomic mass is 10.1. The Hall–Kier alpha value is -1.81. The minimum atomic E-state index is 0.485. The molecule has 1 heterocycles. The molecular weight excluding hydrogens is 260 g/mol. The van der Waals surface area contributed by atoms with Gasteiger partial charge in [0.2, 0.25) is 0 Å². The van der Waals surface area contributed by atoms with Crippen molar-refractivity contribution in [3.8, 4) is 0 Å². The van der Waals surface area contributed by atoms with Gasteiger partial charge in [0.15, 0.2) is 0 Å². The van der Waals surface area contributed by atoms with E-state index in [0.717, 1.165) is 22.3 Å².